The highest BCUT2D eigenvalue weighted by atomic mass is 35.5. The van der Waals surface area contributed by atoms with Gasteiger partial charge in [0.1, 0.15) is 12.6 Å². The summed E-state index contributed by atoms with van der Waals surface area (Å²) in [6.45, 7) is 6.48. The van der Waals surface area contributed by atoms with Gasteiger partial charge in [-0.3, -0.25) is 13.9 Å². The van der Waals surface area contributed by atoms with Crippen LogP contribution in [0.25, 0.3) is 0 Å². The number of hydrogen-bond acceptors (Lipinski definition) is 4. The van der Waals surface area contributed by atoms with E-state index in [0.717, 1.165) is 4.31 Å². The smallest absolute Gasteiger partial charge is 0.264 e. The Morgan fingerprint density at radius 3 is 2.13 bits per heavy atom. The molecule has 0 heterocycles. The van der Waals surface area contributed by atoms with Crippen LogP contribution in [0.4, 0.5) is 5.69 Å². The van der Waals surface area contributed by atoms with Crippen LogP contribution in [0.3, 0.4) is 0 Å². The van der Waals surface area contributed by atoms with Crippen molar-refractivity contribution in [2.24, 2.45) is 0 Å². The minimum Gasteiger partial charge on any atom is -0.350 e. The molecule has 2 amide bonds. The van der Waals surface area contributed by atoms with Crippen molar-refractivity contribution in [1.82, 2.24) is 10.2 Å². The fourth-order valence-corrected chi connectivity index (χ4v) is 5.67. The van der Waals surface area contributed by atoms with Gasteiger partial charge >= 0.3 is 0 Å². The highest BCUT2D eigenvalue weighted by molar-refractivity contribution is 7.92. The maximum absolute atomic E-state index is 13.9. The number of anilines is 1. The summed E-state index contributed by atoms with van der Waals surface area (Å²) < 4.78 is 28.5. The molecule has 0 aliphatic carbocycles. The molecule has 0 aromatic heterocycles. The summed E-state index contributed by atoms with van der Waals surface area (Å²) in [4.78, 5) is 28.3. The van der Waals surface area contributed by atoms with Gasteiger partial charge in [-0.25, -0.2) is 8.42 Å². The number of hydrogen-bond donors (Lipinski definition) is 1. The van der Waals surface area contributed by atoms with Gasteiger partial charge in [0.2, 0.25) is 11.8 Å². The molecule has 7 nitrogen and oxygen atoms in total. The van der Waals surface area contributed by atoms with Crippen molar-refractivity contribution in [3.63, 3.8) is 0 Å². The van der Waals surface area contributed by atoms with Crippen LogP contribution in [0.5, 0.6) is 0 Å². The van der Waals surface area contributed by atoms with Crippen LogP contribution in [0.15, 0.2) is 77.7 Å². The average Bonchev–Trinajstić information content (AvgIpc) is 2.85. The van der Waals surface area contributed by atoms with E-state index in [1.54, 1.807) is 49.4 Å². The van der Waals surface area contributed by atoms with E-state index >= 15 is 0 Å². The summed E-state index contributed by atoms with van der Waals surface area (Å²) in [5.41, 5.74) is 0.253. The van der Waals surface area contributed by atoms with E-state index in [2.05, 4.69) is 5.32 Å². The number of carbonyl (C=O) groups is 2. The average molecular weight is 611 g/mol. The molecule has 0 unspecified atom stereocenters. The third-order valence-corrected chi connectivity index (χ3v) is 8.38. The van der Waals surface area contributed by atoms with Crippen molar-refractivity contribution in [1.29, 1.82) is 0 Å². The molecule has 208 valence electrons. The Hall–Kier alpha value is -2.78. The van der Waals surface area contributed by atoms with E-state index in [9.17, 15) is 18.0 Å². The van der Waals surface area contributed by atoms with Crippen molar-refractivity contribution < 1.29 is 18.0 Å². The minimum absolute atomic E-state index is 0.0123. The van der Waals surface area contributed by atoms with Crippen molar-refractivity contribution in [3.05, 3.63) is 93.4 Å². The van der Waals surface area contributed by atoms with Gasteiger partial charge in [-0.1, -0.05) is 59.1 Å². The van der Waals surface area contributed by atoms with Crippen LogP contribution in [-0.4, -0.2) is 43.3 Å². The maximum Gasteiger partial charge on any atom is 0.264 e. The lowest BCUT2D eigenvalue weighted by molar-refractivity contribution is -0.140. The van der Waals surface area contributed by atoms with Crippen LogP contribution in [-0.2, 0) is 26.2 Å². The number of rotatable bonds is 9. The number of amides is 2. The third-order valence-electron chi connectivity index (χ3n) is 5.74. The largest absolute Gasteiger partial charge is 0.350 e. The number of benzene rings is 3. The first-order valence-electron chi connectivity index (χ1n) is 12.1. The highest BCUT2D eigenvalue weighted by Crippen LogP contribution is 2.28. The number of nitrogens with one attached hydrogen (secondary N) is 1. The van der Waals surface area contributed by atoms with E-state index < -0.39 is 40.0 Å². The molecule has 0 aliphatic heterocycles. The van der Waals surface area contributed by atoms with Crippen molar-refractivity contribution in [2.75, 3.05) is 10.8 Å². The fourth-order valence-electron chi connectivity index (χ4n) is 3.76. The van der Waals surface area contributed by atoms with Gasteiger partial charge in [0.05, 0.1) is 10.6 Å². The molecule has 0 spiro atoms. The number of sulfonamides is 1. The van der Waals surface area contributed by atoms with Gasteiger partial charge in [-0.05, 0) is 81.8 Å². The normalized spacial score (nSPS) is 12.5. The Kier molecular flexibility index (Phi) is 9.93. The van der Waals surface area contributed by atoms with E-state index in [1.165, 1.54) is 35.2 Å². The molecule has 1 N–H and O–H groups in total. The van der Waals surface area contributed by atoms with Gasteiger partial charge < -0.3 is 10.2 Å². The van der Waals surface area contributed by atoms with Crippen LogP contribution < -0.4 is 9.62 Å². The molecule has 11 heteroatoms. The van der Waals surface area contributed by atoms with Crippen molar-refractivity contribution in [3.8, 4) is 0 Å². The molecule has 0 radical (unpaired) electrons. The summed E-state index contributed by atoms with van der Waals surface area (Å²) in [5, 5.41) is 3.96. The zero-order chi connectivity index (χ0) is 29.0. The van der Waals surface area contributed by atoms with Crippen LogP contribution in [0.1, 0.15) is 33.3 Å². The molecular weight excluding hydrogens is 581 g/mol. The summed E-state index contributed by atoms with van der Waals surface area (Å²) in [5.74, 6) is -0.998. The first kappa shape index (κ1) is 30.8. The Balaban J connectivity index is 2.05. The molecular formula is C28H30Cl3N3O4S. The van der Waals surface area contributed by atoms with Gasteiger partial charge in [-0.15, -0.1) is 0 Å². The topological polar surface area (TPSA) is 86.8 Å². The lowest BCUT2D eigenvalue weighted by atomic mass is 10.1. The van der Waals surface area contributed by atoms with E-state index in [1.807, 2.05) is 20.8 Å². The Labute approximate surface area is 244 Å². The van der Waals surface area contributed by atoms with Crippen LogP contribution >= 0.6 is 34.8 Å². The van der Waals surface area contributed by atoms with E-state index in [-0.39, 0.29) is 17.1 Å². The second kappa shape index (κ2) is 12.6. The van der Waals surface area contributed by atoms with Gasteiger partial charge in [0.15, 0.2) is 0 Å². The standard InChI is InChI=1S/C28H30Cl3N3O4S/c1-19(27(36)32-28(2,3)4)33(17-20-8-5-6-11-25(20)31)26(35)18-34(23-10-7-9-22(30)16-23)39(37,38)24-14-12-21(29)13-15-24/h5-16,19H,17-18H2,1-4H3,(H,32,36)/t19-/m1/s1. The summed E-state index contributed by atoms with van der Waals surface area (Å²) >= 11 is 18.5. The Morgan fingerprint density at radius 1 is 0.897 bits per heavy atom. The number of carbonyl (C=O) groups excluding carboxylic acids is 2. The zero-order valence-corrected chi connectivity index (χ0v) is 25.1. The molecule has 3 aromatic carbocycles. The molecule has 0 bridgehead atoms. The van der Waals surface area contributed by atoms with Crippen molar-refractivity contribution in [2.45, 2.75) is 50.7 Å². The highest BCUT2D eigenvalue weighted by Gasteiger charge is 2.33. The van der Waals surface area contributed by atoms with E-state index in [4.69, 9.17) is 34.8 Å². The molecule has 39 heavy (non-hydrogen) atoms. The third kappa shape index (κ3) is 8.11. The number of halogens is 3. The lowest BCUT2D eigenvalue weighted by Crippen LogP contribution is -2.54. The molecule has 1 atom stereocenters. The first-order chi connectivity index (χ1) is 18.2. The monoisotopic (exact) mass is 609 g/mol. The zero-order valence-electron chi connectivity index (χ0n) is 22.0. The quantitative estimate of drug-likeness (QED) is 0.314. The fraction of sp³-hybridized carbons (Fsp3) is 0.286. The van der Waals surface area contributed by atoms with Gasteiger partial charge in [-0.2, -0.15) is 0 Å². The molecule has 3 aromatic rings. The maximum atomic E-state index is 13.9. The van der Waals surface area contributed by atoms with Crippen LogP contribution in [0.2, 0.25) is 15.1 Å². The summed E-state index contributed by atoms with van der Waals surface area (Å²) in [6.07, 6.45) is 0. The summed E-state index contributed by atoms with van der Waals surface area (Å²) in [6, 6.07) is 17.8. The van der Waals surface area contributed by atoms with Crippen molar-refractivity contribution >= 4 is 62.3 Å². The summed E-state index contributed by atoms with van der Waals surface area (Å²) in [7, 11) is -4.23. The molecule has 0 saturated heterocycles. The second-order valence-corrected chi connectivity index (χ2v) is 13.1. The molecule has 3 rings (SSSR count). The van der Waals surface area contributed by atoms with E-state index in [0.29, 0.717) is 20.6 Å². The number of nitrogens with zero attached hydrogens (tertiary/aromatic N) is 2. The molecule has 0 aliphatic rings. The Morgan fingerprint density at radius 2 is 1.54 bits per heavy atom. The first-order valence-corrected chi connectivity index (χ1v) is 14.7. The minimum atomic E-state index is -4.23. The predicted octanol–water partition coefficient (Wildman–Crippen LogP) is 6.17. The lowest BCUT2D eigenvalue weighted by Gasteiger charge is -2.33. The van der Waals surface area contributed by atoms with Gasteiger partial charge in [0, 0.05) is 27.2 Å². The Bertz CT molecular complexity index is 1440. The SMILES string of the molecule is C[C@H](C(=O)NC(C)(C)C)N(Cc1ccccc1Cl)C(=O)CN(c1cccc(Cl)c1)S(=O)(=O)c1ccc(Cl)cc1. The van der Waals surface area contributed by atoms with Crippen LogP contribution in [0, 0.1) is 0 Å². The molecule has 0 fully saturated rings. The second-order valence-electron chi connectivity index (χ2n) is 9.97. The molecule has 0 saturated carbocycles. The van der Waals surface area contributed by atoms with Gasteiger partial charge in [0.25, 0.3) is 10.0 Å². The predicted molar refractivity (Wildman–Crippen MR) is 157 cm³/mol.